The molecule has 160 valence electrons. The number of aryl methyl sites for hydroxylation is 1. The van der Waals surface area contributed by atoms with Gasteiger partial charge in [-0.1, -0.05) is 41.6 Å². The van der Waals surface area contributed by atoms with E-state index < -0.39 is 0 Å². The molecule has 0 N–H and O–H groups in total. The van der Waals surface area contributed by atoms with E-state index in [2.05, 4.69) is 21.8 Å². The number of fused-ring (bicyclic) bond motifs is 4. The maximum atomic E-state index is 13.0. The van der Waals surface area contributed by atoms with Crippen LogP contribution in [0.15, 0.2) is 69.9 Å². The van der Waals surface area contributed by atoms with Crippen LogP contribution in [-0.2, 0) is 19.3 Å². The minimum atomic E-state index is -0.159. The molecule has 32 heavy (non-hydrogen) atoms. The van der Waals surface area contributed by atoms with Gasteiger partial charge in [-0.3, -0.25) is 23.1 Å². The fraction of sp³-hybridized carbons (Fsp3) is 0.136. The largest absolute Gasteiger partial charge is 0.283 e. The Morgan fingerprint density at radius 2 is 1.91 bits per heavy atom. The van der Waals surface area contributed by atoms with Gasteiger partial charge in [0.2, 0.25) is 5.78 Å². The number of aromatic nitrogens is 6. The van der Waals surface area contributed by atoms with E-state index in [-0.39, 0.29) is 11.1 Å². The monoisotopic (exact) mass is 464 g/mol. The van der Waals surface area contributed by atoms with Gasteiger partial charge in [0, 0.05) is 18.6 Å². The molecule has 10 heteroatoms. The van der Waals surface area contributed by atoms with Crippen molar-refractivity contribution >= 4 is 50.9 Å². The van der Waals surface area contributed by atoms with Gasteiger partial charge in [-0.25, -0.2) is 4.98 Å². The Bertz CT molecular complexity index is 1650. The van der Waals surface area contributed by atoms with Gasteiger partial charge < -0.3 is 0 Å². The van der Waals surface area contributed by atoms with Crippen molar-refractivity contribution in [1.82, 2.24) is 28.7 Å². The standard InChI is InChI=1S/C22H17ClN6O2S/c1-3-10-28-20(31)14-9-8-13(23)11-16(14)24-22(28)32-12-18-25-26-21-27(2)19(30)15-6-4-5-7-17(15)29(18)21/h3-9,11H,1,10,12H2,2H3. The first-order valence-electron chi connectivity index (χ1n) is 9.75. The van der Waals surface area contributed by atoms with Crippen molar-refractivity contribution in [3.05, 3.63) is 86.7 Å². The molecular weight excluding hydrogens is 448 g/mol. The molecule has 0 unspecified atom stereocenters. The van der Waals surface area contributed by atoms with Gasteiger partial charge in [0.15, 0.2) is 5.16 Å². The SMILES string of the molecule is C=CCn1c(SCc2nnc3n(C)c(=O)c4ccccc4n23)nc2cc(Cl)ccc2c1=O. The highest BCUT2D eigenvalue weighted by atomic mass is 35.5. The zero-order valence-electron chi connectivity index (χ0n) is 17.0. The van der Waals surface area contributed by atoms with Gasteiger partial charge in [-0.15, -0.1) is 16.8 Å². The van der Waals surface area contributed by atoms with Crippen molar-refractivity contribution in [2.45, 2.75) is 17.5 Å². The average molecular weight is 465 g/mol. The summed E-state index contributed by atoms with van der Waals surface area (Å²) in [6.45, 7) is 4.08. The summed E-state index contributed by atoms with van der Waals surface area (Å²) in [7, 11) is 1.67. The lowest BCUT2D eigenvalue weighted by atomic mass is 10.2. The van der Waals surface area contributed by atoms with E-state index in [1.165, 1.54) is 16.3 Å². The molecule has 0 fully saturated rings. The Labute approximate surface area is 190 Å². The van der Waals surface area contributed by atoms with Crippen LogP contribution in [0.25, 0.3) is 27.6 Å². The van der Waals surface area contributed by atoms with E-state index >= 15 is 0 Å². The van der Waals surface area contributed by atoms with Crippen molar-refractivity contribution in [3.8, 4) is 0 Å². The zero-order chi connectivity index (χ0) is 22.4. The second-order valence-corrected chi connectivity index (χ2v) is 8.56. The third-order valence-electron chi connectivity index (χ3n) is 5.22. The quantitative estimate of drug-likeness (QED) is 0.225. The fourth-order valence-corrected chi connectivity index (χ4v) is 4.78. The van der Waals surface area contributed by atoms with Crippen molar-refractivity contribution < 1.29 is 0 Å². The lowest BCUT2D eigenvalue weighted by Gasteiger charge is -2.12. The molecule has 3 heterocycles. The zero-order valence-corrected chi connectivity index (χ0v) is 18.6. The van der Waals surface area contributed by atoms with Gasteiger partial charge in [0.25, 0.3) is 11.1 Å². The Hall–Kier alpha value is -3.43. The van der Waals surface area contributed by atoms with E-state index in [1.807, 2.05) is 22.6 Å². The third-order valence-corrected chi connectivity index (χ3v) is 6.42. The van der Waals surface area contributed by atoms with Gasteiger partial charge in [-0.05, 0) is 30.3 Å². The molecule has 5 rings (SSSR count). The first kappa shape index (κ1) is 20.5. The number of rotatable bonds is 5. The summed E-state index contributed by atoms with van der Waals surface area (Å²) < 4.78 is 4.91. The summed E-state index contributed by atoms with van der Waals surface area (Å²) in [5.41, 5.74) is 0.970. The minimum Gasteiger partial charge on any atom is -0.283 e. The first-order valence-corrected chi connectivity index (χ1v) is 11.1. The van der Waals surface area contributed by atoms with Crippen molar-refractivity contribution in [3.63, 3.8) is 0 Å². The van der Waals surface area contributed by atoms with Gasteiger partial charge in [0.05, 0.1) is 27.6 Å². The van der Waals surface area contributed by atoms with Crippen LogP contribution < -0.4 is 11.1 Å². The molecule has 0 saturated carbocycles. The molecule has 3 aromatic heterocycles. The summed E-state index contributed by atoms with van der Waals surface area (Å²) in [6.07, 6.45) is 1.66. The Kier molecular flexibility index (Phi) is 5.07. The number of benzene rings is 2. The van der Waals surface area contributed by atoms with Crippen LogP contribution in [0.3, 0.4) is 0 Å². The van der Waals surface area contributed by atoms with E-state index in [4.69, 9.17) is 11.6 Å². The fourth-order valence-electron chi connectivity index (χ4n) is 3.69. The first-order chi connectivity index (χ1) is 15.5. The lowest BCUT2D eigenvalue weighted by Crippen LogP contribution is -2.23. The number of para-hydroxylation sites is 1. The molecule has 8 nitrogen and oxygen atoms in total. The number of hydrogen-bond acceptors (Lipinski definition) is 6. The molecular formula is C22H17ClN6O2S. The van der Waals surface area contributed by atoms with E-state index in [1.54, 1.807) is 42.0 Å². The number of thioether (sulfide) groups is 1. The molecule has 0 bridgehead atoms. The summed E-state index contributed by atoms with van der Waals surface area (Å²) in [6, 6.07) is 12.4. The maximum absolute atomic E-state index is 13.0. The topological polar surface area (TPSA) is 87.1 Å². The maximum Gasteiger partial charge on any atom is 0.262 e. The molecule has 2 aromatic carbocycles. The Morgan fingerprint density at radius 3 is 2.72 bits per heavy atom. The second-order valence-electron chi connectivity index (χ2n) is 7.18. The van der Waals surface area contributed by atoms with Crippen LogP contribution in [-0.4, -0.2) is 28.7 Å². The number of hydrogen-bond donors (Lipinski definition) is 0. The molecule has 0 radical (unpaired) electrons. The molecule has 0 atom stereocenters. The van der Waals surface area contributed by atoms with Gasteiger partial charge >= 0.3 is 0 Å². The Balaban J connectivity index is 1.64. The van der Waals surface area contributed by atoms with E-state index in [0.29, 0.717) is 50.4 Å². The van der Waals surface area contributed by atoms with Crippen LogP contribution >= 0.6 is 23.4 Å². The van der Waals surface area contributed by atoms with Crippen molar-refractivity contribution in [2.24, 2.45) is 7.05 Å². The number of allylic oxidation sites excluding steroid dienone is 1. The second kappa shape index (κ2) is 7.92. The third kappa shape index (κ3) is 3.21. The summed E-state index contributed by atoms with van der Waals surface area (Å²) in [5, 5.41) is 10.6. The van der Waals surface area contributed by atoms with Crippen LogP contribution in [0, 0.1) is 0 Å². The predicted molar refractivity (Wildman–Crippen MR) is 127 cm³/mol. The van der Waals surface area contributed by atoms with Crippen LogP contribution in [0.4, 0.5) is 0 Å². The number of nitrogens with zero attached hydrogens (tertiary/aromatic N) is 6. The van der Waals surface area contributed by atoms with Gasteiger partial charge in [-0.2, -0.15) is 0 Å². The van der Waals surface area contributed by atoms with E-state index in [9.17, 15) is 9.59 Å². The molecule has 5 aromatic rings. The summed E-state index contributed by atoms with van der Waals surface area (Å²) >= 11 is 7.47. The molecule has 0 saturated heterocycles. The molecule has 0 spiro atoms. The lowest BCUT2D eigenvalue weighted by molar-refractivity contribution is 0.671. The highest BCUT2D eigenvalue weighted by molar-refractivity contribution is 7.98. The van der Waals surface area contributed by atoms with Gasteiger partial charge in [0.1, 0.15) is 5.82 Å². The summed E-state index contributed by atoms with van der Waals surface area (Å²) in [4.78, 5) is 30.3. The molecule has 0 aliphatic carbocycles. The van der Waals surface area contributed by atoms with Crippen molar-refractivity contribution in [2.75, 3.05) is 0 Å². The van der Waals surface area contributed by atoms with E-state index in [0.717, 1.165) is 5.52 Å². The Morgan fingerprint density at radius 1 is 1.09 bits per heavy atom. The van der Waals surface area contributed by atoms with Crippen LogP contribution in [0.1, 0.15) is 5.82 Å². The average Bonchev–Trinajstić information content (AvgIpc) is 3.22. The normalized spacial score (nSPS) is 11.6. The smallest absolute Gasteiger partial charge is 0.262 e. The summed E-state index contributed by atoms with van der Waals surface area (Å²) in [5.74, 6) is 1.48. The minimum absolute atomic E-state index is 0.132. The van der Waals surface area contributed by atoms with Crippen LogP contribution in [0.2, 0.25) is 5.02 Å². The highest BCUT2D eigenvalue weighted by Crippen LogP contribution is 2.24. The molecule has 0 aliphatic rings. The molecule has 0 amide bonds. The highest BCUT2D eigenvalue weighted by Gasteiger charge is 2.17. The molecule has 0 aliphatic heterocycles. The predicted octanol–water partition coefficient (Wildman–Crippen LogP) is 3.42. The van der Waals surface area contributed by atoms with Crippen LogP contribution in [0.5, 0.6) is 0 Å². The number of halogens is 1. The van der Waals surface area contributed by atoms with Crippen molar-refractivity contribution in [1.29, 1.82) is 0 Å².